The summed E-state index contributed by atoms with van der Waals surface area (Å²) >= 11 is 3.27. The summed E-state index contributed by atoms with van der Waals surface area (Å²) in [6.07, 6.45) is 6.05. The smallest absolute Gasteiger partial charge is 0.323 e. The van der Waals surface area contributed by atoms with Crippen LogP contribution in [-0.2, 0) is 19.6 Å². The van der Waals surface area contributed by atoms with E-state index in [1.165, 1.54) is 25.7 Å². The maximum absolute atomic E-state index is 12.5. The van der Waals surface area contributed by atoms with Crippen LogP contribution in [0.5, 0.6) is 0 Å². The van der Waals surface area contributed by atoms with Crippen LogP contribution in [-0.4, -0.2) is 27.5 Å². The zero-order valence-electron chi connectivity index (χ0n) is 13.1. The molecule has 1 N–H and O–H groups in total. The Morgan fingerprint density at radius 1 is 1.26 bits per heavy atom. The van der Waals surface area contributed by atoms with E-state index in [9.17, 15) is 13.2 Å². The van der Waals surface area contributed by atoms with Crippen LogP contribution in [0.3, 0.4) is 0 Å². The Hall–Kier alpha value is -0.920. The Morgan fingerprint density at radius 2 is 1.87 bits per heavy atom. The minimum Gasteiger partial charge on any atom is -0.468 e. The fraction of sp³-hybridized carbons (Fsp3) is 0.562. The van der Waals surface area contributed by atoms with E-state index in [0.29, 0.717) is 12.3 Å². The zero-order valence-corrected chi connectivity index (χ0v) is 15.5. The number of methoxy groups -OCH3 is 1. The van der Waals surface area contributed by atoms with Gasteiger partial charge in [-0.1, -0.05) is 48.0 Å². The second-order valence-electron chi connectivity index (χ2n) is 5.89. The number of esters is 1. The maximum Gasteiger partial charge on any atom is 0.323 e. The van der Waals surface area contributed by atoms with Gasteiger partial charge in [0.25, 0.3) is 0 Å². The molecule has 0 radical (unpaired) electrons. The number of carbonyl (C=O) groups is 1. The van der Waals surface area contributed by atoms with E-state index in [-0.39, 0.29) is 4.90 Å². The van der Waals surface area contributed by atoms with Crippen LogP contribution >= 0.6 is 15.9 Å². The molecule has 0 spiro atoms. The SMILES string of the molecule is COC(=O)[C@H](CC1CCCCC1)NS(=O)(=O)c1ccc(Br)cc1. The maximum atomic E-state index is 12.5. The third kappa shape index (κ3) is 5.29. The number of rotatable bonds is 6. The van der Waals surface area contributed by atoms with Crippen LogP contribution in [0.1, 0.15) is 38.5 Å². The Bertz CT molecular complexity index is 624. The molecule has 1 aliphatic rings. The summed E-state index contributed by atoms with van der Waals surface area (Å²) in [6.45, 7) is 0. The lowest BCUT2D eigenvalue weighted by Gasteiger charge is -2.25. The van der Waals surface area contributed by atoms with E-state index in [4.69, 9.17) is 4.74 Å². The van der Waals surface area contributed by atoms with Gasteiger partial charge in [0.2, 0.25) is 10.0 Å². The molecule has 0 bridgehead atoms. The summed E-state index contributed by atoms with van der Waals surface area (Å²) in [4.78, 5) is 12.1. The topological polar surface area (TPSA) is 72.5 Å². The summed E-state index contributed by atoms with van der Waals surface area (Å²) in [5.41, 5.74) is 0. The van der Waals surface area contributed by atoms with Crippen molar-refractivity contribution in [1.82, 2.24) is 4.72 Å². The Balaban J connectivity index is 2.12. The Kier molecular flexibility index (Phi) is 6.61. The van der Waals surface area contributed by atoms with Crippen LogP contribution < -0.4 is 4.72 Å². The van der Waals surface area contributed by atoms with Crippen molar-refractivity contribution >= 4 is 31.9 Å². The molecule has 0 aromatic heterocycles. The number of ether oxygens (including phenoxy) is 1. The minimum atomic E-state index is -3.75. The summed E-state index contributed by atoms with van der Waals surface area (Å²) in [5.74, 6) is -0.170. The highest BCUT2D eigenvalue weighted by Gasteiger charge is 2.29. The first-order valence-corrected chi connectivity index (χ1v) is 10.1. The molecule has 0 unspecified atom stereocenters. The van der Waals surface area contributed by atoms with Crippen molar-refractivity contribution in [1.29, 1.82) is 0 Å². The average molecular weight is 404 g/mol. The lowest BCUT2D eigenvalue weighted by Crippen LogP contribution is -2.42. The first-order valence-electron chi connectivity index (χ1n) is 7.78. The molecule has 1 aliphatic carbocycles. The quantitative estimate of drug-likeness (QED) is 0.739. The van der Waals surface area contributed by atoms with Gasteiger partial charge in [-0.05, 0) is 36.6 Å². The van der Waals surface area contributed by atoms with Crippen molar-refractivity contribution in [2.24, 2.45) is 5.92 Å². The van der Waals surface area contributed by atoms with E-state index in [1.54, 1.807) is 12.1 Å². The van der Waals surface area contributed by atoms with Gasteiger partial charge >= 0.3 is 5.97 Å². The second kappa shape index (κ2) is 8.26. The fourth-order valence-electron chi connectivity index (χ4n) is 2.96. The molecule has 0 heterocycles. The Labute approximate surface area is 146 Å². The summed E-state index contributed by atoms with van der Waals surface area (Å²) in [5, 5.41) is 0. The second-order valence-corrected chi connectivity index (χ2v) is 8.52. The highest BCUT2D eigenvalue weighted by molar-refractivity contribution is 9.10. The molecule has 5 nitrogen and oxygen atoms in total. The number of carbonyl (C=O) groups excluding carboxylic acids is 1. The first kappa shape index (κ1) is 18.4. The summed E-state index contributed by atoms with van der Waals surface area (Å²) < 4.78 is 33.0. The van der Waals surface area contributed by atoms with Crippen molar-refractivity contribution in [2.45, 2.75) is 49.5 Å². The number of hydrogen-bond acceptors (Lipinski definition) is 4. The summed E-state index contributed by atoms with van der Waals surface area (Å²) in [6, 6.07) is 5.48. The molecule has 0 amide bonds. The molecule has 1 saturated carbocycles. The zero-order chi connectivity index (χ0) is 16.9. The van der Waals surface area contributed by atoms with Crippen LogP contribution in [0.2, 0.25) is 0 Å². The van der Waals surface area contributed by atoms with E-state index >= 15 is 0 Å². The molecule has 1 atom stereocenters. The molecule has 0 saturated heterocycles. The van der Waals surface area contributed by atoms with E-state index in [1.807, 2.05) is 0 Å². The van der Waals surface area contributed by atoms with E-state index in [0.717, 1.165) is 30.2 Å². The number of nitrogens with one attached hydrogen (secondary N) is 1. The number of hydrogen-bond donors (Lipinski definition) is 1. The normalized spacial score (nSPS) is 17.7. The van der Waals surface area contributed by atoms with Gasteiger partial charge in [0.15, 0.2) is 0 Å². The molecular weight excluding hydrogens is 382 g/mol. The third-order valence-electron chi connectivity index (χ3n) is 4.20. The van der Waals surface area contributed by atoms with Gasteiger partial charge < -0.3 is 4.74 Å². The van der Waals surface area contributed by atoms with Crippen molar-refractivity contribution in [3.8, 4) is 0 Å². The highest BCUT2D eigenvalue weighted by atomic mass is 79.9. The number of halogens is 1. The third-order valence-corrected chi connectivity index (χ3v) is 6.22. The summed E-state index contributed by atoms with van der Waals surface area (Å²) in [7, 11) is -2.47. The van der Waals surface area contributed by atoms with Gasteiger partial charge in [0.05, 0.1) is 12.0 Å². The van der Waals surface area contributed by atoms with Crippen LogP contribution in [0, 0.1) is 5.92 Å². The number of sulfonamides is 1. The van der Waals surface area contributed by atoms with Gasteiger partial charge in [-0.15, -0.1) is 0 Å². The lowest BCUT2D eigenvalue weighted by atomic mass is 9.85. The van der Waals surface area contributed by atoms with Crippen molar-refractivity contribution in [3.05, 3.63) is 28.7 Å². The van der Waals surface area contributed by atoms with Crippen molar-refractivity contribution < 1.29 is 17.9 Å². The monoisotopic (exact) mass is 403 g/mol. The van der Waals surface area contributed by atoms with E-state index < -0.39 is 22.0 Å². The predicted octanol–water partition coefficient (Wildman–Crippen LogP) is 3.24. The molecule has 2 rings (SSSR count). The molecule has 23 heavy (non-hydrogen) atoms. The van der Waals surface area contributed by atoms with Gasteiger partial charge in [-0.3, -0.25) is 4.79 Å². The minimum absolute atomic E-state index is 0.137. The van der Waals surface area contributed by atoms with Gasteiger partial charge in [0.1, 0.15) is 6.04 Å². The fourth-order valence-corrected chi connectivity index (χ4v) is 4.42. The molecule has 1 fully saturated rings. The van der Waals surface area contributed by atoms with Gasteiger partial charge in [0, 0.05) is 4.47 Å². The molecule has 1 aromatic carbocycles. The Morgan fingerprint density at radius 3 is 2.43 bits per heavy atom. The largest absolute Gasteiger partial charge is 0.468 e. The predicted molar refractivity (Wildman–Crippen MR) is 91.5 cm³/mol. The molecule has 0 aliphatic heterocycles. The van der Waals surface area contributed by atoms with Crippen LogP contribution in [0.4, 0.5) is 0 Å². The van der Waals surface area contributed by atoms with Crippen molar-refractivity contribution in [2.75, 3.05) is 7.11 Å². The van der Waals surface area contributed by atoms with E-state index in [2.05, 4.69) is 20.7 Å². The van der Waals surface area contributed by atoms with Crippen molar-refractivity contribution in [3.63, 3.8) is 0 Å². The molecule has 7 heteroatoms. The molecular formula is C16H22BrNO4S. The average Bonchev–Trinajstić information content (AvgIpc) is 2.54. The van der Waals surface area contributed by atoms with Crippen LogP contribution in [0.25, 0.3) is 0 Å². The van der Waals surface area contributed by atoms with Crippen LogP contribution in [0.15, 0.2) is 33.6 Å². The number of benzene rings is 1. The molecule has 1 aromatic rings. The lowest BCUT2D eigenvalue weighted by molar-refractivity contribution is -0.143. The van der Waals surface area contributed by atoms with Gasteiger partial charge in [-0.25, -0.2) is 8.42 Å². The van der Waals surface area contributed by atoms with Gasteiger partial charge in [-0.2, -0.15) is 4.72 Å². The first-order chi connectivity index (χ1) is 10.9. The highest BCUT2D eigenvalue weighted by Crippen LogP contribution is 2.28. The molecule has 128 valence electrons. The standard InChI is InChI=1S/C16H22BrNO4S/c1-22-16(19)15(11-12-5-3-2-4-6-12)18-23(20,21)14-9-7-13(17)8-10-14/h7-10,12,15,18H,2-6,11H2,1H3/t15-/m0/s1.